The highest BCUT2D eigenvalue weighted by molar-refractivity contribution is 7.89. The predicted octanol–water partition coefficient (Wildman–Crippen LogP) is 1.35. The van der Waals surface area contributed by atoms with Crippen LogP contribution < -0.4 is 10.5 Å². The van der Waals surface area contributed by atoms with E-state index in [1.165, 1.54) is 35.2 Å². The van der Waals surface area contributed by atoms with Gasteiger partial charge in [-0.1, -0.05) is 24.3 Å². The van der Waals surface area contributed by atoms with Crippen molar-refractivity contribution >= 4 is 21.8 Å². The molecule has 3 N–H and O–H groups in total. The summed E-state index contributed by atoms with van der Waals surface area (Å²) in [4.78, 5) is 25.7. The molecular formula is C19H22FN3O4S. The fourth-order valence-corrected chi connectivity index (χ4v) is 3.15. The quantitative estimate of drug-likeness (QED) is 0.722. The molecule has 9 heteroatoms. The summed E-state index contributed by atoms with van der Waals surface area (Å²) in [6.45, 7) is 1.50. The maximum atomic E-state index is 13.2. The lowest BCUT2D eigenvalue weighted by Gasteiger charge is -2.25. The lowest BCUT2D eigenvalue weighted by molar-refractivity contribution is -0.133. The van der Waals surface area contributed by atoms with Crippen LogP contribution in [0.2, 0.25) is 0 Å². The van der Waals surface area contributed by atoms with Crippen molar-refractivity contribution in [3.63, 3.8) is 0 Å². The summed E-state index contributed by atoms with van der Waals surface area (Å²) in [5.74, 6) is -1.20. The third-order valence-electron chi connectivity index (χ3n) is 4.33. The summed E-state index contributed by atoms with van der Waals surface area (Å²) in [6.07, 6.45) is -0.0410. The fraction of sp³-hybridized carbons (Fsp3) is 0.263. The maximum Gasteiger partial charge on any atom is 0.242 e. The van der Waals surface area contributed by atoms with Crippen molar-refractivity contribution in [1.29, 1.82) is 0 Å². The molecule has 28 heavy (non-hydrogen) atoms. The molecular weight excluding hydrogens is 385 g/mol. The molecule has 2 rings (SSSR count). The molecule has 0 spiro atoms. The molecule has 0 fully saturated rings. The van der Waals surface area contributed by atoms with Crippen molar-refractivity contribution in [2.24, 2.45) is 5.14 Å². The first-order valence-electron chi connectivity index (χ1n) is 8.47. The van der Waals surface area contributed by atoms with Gasteiger partial charge in [-0.05, 0) is 42.3 Å². The summed E-state index contributed by atoms with van der Waals surface area (Å²) < 4.78 is 36.1. The molecule has 0 saturated carbocycles. The molecule has 0 aliphatic heterocycles. The van der Waals surface area contributed by atoms with Crippen molar-refractivity contribution in [1.82, 2.24) is 10.2 Å². The lowest BCUT2D eigenvalue weighted by Crippen LogP contribution is -2.39. The van der Waals surface area contributed by atoms with Crippen LogP contribution in [0, 0.1) is 5.82 Å². The summed E-state index contributed by atoms with van der Waals surface area (Å²) in [5, 5.41) is 7.64. The van der Waals surface area contributed by atoms with Gasteiger partial charge in [0.2, 0.25) is 21.8 Å². The van der Waals surface area contributed by atoms with Gasteiger partial charge in [0.1, 0.15) is 5.82 Å². The summed E-state index contributed by atoms with van der Waals surface area (Å²) in [7, 11) is -2.30. The lowest BCUT2D eigenvalue weighted by atomic mass is 10.1. The van der Waals surface area contributed by atoms with E-state index >= 15 is 0 Å². The Bertz CT molecular complexity index is 979. The van der Waals surface area contributed by atoms with E-state index < -0.39 is 27.8 Å². The Morgan fingerprint density at radius 2 is 1.86 bits per heavy atom. The van der Waals surface area contributed by atoms with Crippen LogP contribution in [0.3, 0.4) is 0 Å². The molecule has 0 saturated heterocycles. The van der Waals surface area contributed by atoms with Gasteiger partial charge in [0.05, 0.1) is 23.9 Å². The number of hydrogen-bond donors (Lipinski definition) is 2. The number of nitrogens with zero attached hydrogens (tertiary/aromatic N) is 1. The standard InChI is InChI=1S/C19H22FN3O4S/c1-13(15-6-4-8-17(11-15)28(21,26)27)23(2)19(25)12-22-18(24)10-14-5-3-7-16(20)9-14/h3-9,11,13H,10,12H2,1-2H3,(H,22,24)(H2,21,26,27). The number of nitrogens with one attached hydrogen (secondary N) is 1. The minimum Gasteiger partial charge on any atom is -0.347 e. The van der Waals surface area contributed by atoms with Gasteiger partial charge in [0.25, 0.3) is 0 Å². The Hall–Kier alpha value is -2.78. The Labute approximate surface area is 163 Å². The van der Waals surface area contributed by atoms with E-state index in [2.05, 4.69) is 5.32 Å². The molecule has 1 atom stereocenters. The van der Waals surface area contributed by atoms with Crippen LogP contribution in [0.15, 0.2) is 53.4 Å². The molecule has 1 unspecified atom stereocenters. The average molecular weight is 407 g/mol. The minimum absolute atomic E-state index is 0.0407. The third-order valence-corrected chi connectivity index (χ3v) is 5.24. The van der Waals surface area contributed by atoms with Gasteiger partial charge in [-0.25, -0.2) is 17.9 Å². The van der Waals surface area contributed by atoms with E-state index in [0.29, 0.717) is 11.1 Å². The van der Waals surface area contributed by atoms with Crippen molar-refractivity contribution < 1.29 is 22.4 Å². The van der Waals surface area contributed by atoms with E-state index in [4.69, 9.17) is 5.14 Å². The molecule has 7 nitrogen and oxygen atoms in total. The van der Waals surface area contributed by atoms with Crippen LogP contribution in [0.4, 0.5) is 4.39 Å². The number of sulfonamides is 1. The van der Waals surface area contributed by atoms with Gasteiger partial charge in [0.15, 0.2) is 0 Å². The van der Waals surface area contributed by atoms with Crippen LogP contribution in [0.25, 0.3) is 0 Å². The second-order valence-corrected chi connectivity index (χ2v) is 7.94. The monoisotopic (exact) mass is 407 g/mol. The van der Waals surface area contributed by atoms with Gasteiger partial charge in [-0.2, -0.15) is 0 Å². The summed E-state index contributed by atoms with van der Waals surface area (Å²) in [5.41, 5.74) is 1.10. The number of benzene rings is 2. The van der Waals surface area contributed by atoms with E-state index in [-0.39, 0.29) is 23.8 Å². The molecule has 2 amide bonds. The topological polar surface area (TPSA) is 110 Å². The summed E-state index contributed by atoms with van der Waals surface area (Å²) in [6, 6.07) is 11.3. The zero-order valence-corrected chi connectivity index (χ0v) is 16.4. The number of nitrogens with two attached hydrogens (primary N) is 1. The number of carbonyl (C=O) groups excluding carboxylic acids is 2. The molecule has 0 heterocycles. The predicted molar refractivity (Wildman–Crippen MR) is 102 cm³/mol. The molecule has 0 aliphatic carbocycles. The fourth-order valence-electron chi connectivity index (χ4n) is 2.58. The second-order valence-electron chi connectivity index (χ2n) is 6.38. The Balaban J connectivity index is 1.95. The molecule has 2 aromatic rings. The van der Waals surface area contributed by atoms with E-state index in [1.54, 1.807) is 32.2 Å². The Morgan fingerprint density at radius 1 is 1.18 bits per heavy atom. The zero-order chi connectivity index (χ0) is 20.9. The first-order valence-corrected chi connectivity index (χ1v) is 10.0. The molecule has 0 radical (unpaired) electrons. The number of hydrogen-bond acceptors (Lipinski definition) is 4. The van der Waals surface area contributed by atoms with Gasteiger partial charge in [0, 0.05) is 7.05 Å². The van der Waals surface area contributed by atoms with Crippen LogP contribution in [-0.4, -0.2) is 38.7 Å². The molecule has 0 bridgehead atoms. The Morgan fingerprint density at radius 3 is 2.50 bits per heavy atom. The Kier molecular flexibility index (Phi) is 6.87. The maximum absolute atomic E-state index is 13.2. The van der Waals surface area contributed by atoms with Crippen LogP contribution in [0.5, 0.6) is 0 Å². The van der Waals surface area contributed by atoms with E-state index in [1.807, 2.05) is 0 Å². The van der Waals surface area contributed by atoms with Gasteiger partial charge < -0.3 is 10.2 Å². The largest absolute Gasteiger partial charge is 0.347 e. The van der Waals surface area contributed by atoms with Crippen molar-refractivity contribution in [3.8, 4) is 0 Å². The number of rotatable bonds is 7. The molecule has 2 aromatic carbocycles. The highest BCUT2D eigenvalue weighted by atomic mass is 32.2. The molecule has 0 aromatic heterocycles. The molecule has 0 aliphatic rings. The second kappa shape index (κ2) is 8.94. The zero-order valence-electron chi connectivity index (χ0n) is 15.6. The van der Waals surface area contributed by atoms with E-state index in [9.17, 15) is 22.4 Å². The van der Waals surface area contributed by atoms with Crippen LogP contribution in [0.1, 0.15) is 24.1 Å². The average Bonchev–Trinajstić information content (AvgIpc) is 2.64. The van der Waals surface area contributed by atoms with Crippen LogP contribution >= 0.6 is 0 Å². The van der Waals surface area contributed by atoms with Crippen LogP contribution in [-0.2, 0) is 26.0 Å². The van der Waals surface area contributed by atoms with Gasteiger partial charge >= 0.3 is 0 Å². The normalized spacial score (nSPS) is 12.3. The first kappa shape index (κ1) is 21.5. The smallest absolute Gasteiger partial charge is 0.242 e. The number of likely N-dealkylation sites (N-methyl/N-ethyl adjacent to an activating group) is 1. The molecule has 150 valence electrons. The highest BCUT2D eigenvalue weighted by Crippen LogP contribution is 2.21. The van der Waals surface area contributed by atoms with Crippen molar-refractivity contribution in [2.45, 2.75) is 24.3 Å². The van der Waals surface area contributed by atoms with E-state index in [0.717, 1.165) is 0 Å². The number of primary sulfonamides is 1. The van der Waals surface area contributed by atoms with Gasteiger partial charge in [-0.3, -0.25) is 9.59 Å². The first-order chi connectivity index (χ1) is 13.1. The minimum atomic E-state index is -3.85. The third kappa shape index (κ3) is 5.86. The highest BCUT2D eigenvalue weighted by Gasteiger charge is 2.19. The van der Waals surface area contributed by atoms with Crippen molar-refractivity contribution in [2.75, 3.05) is 13.6 Å². The van der Waals surface area contributed by atoms with Crippen molar-refractivity contribution in [3.05, 3.63) is 65.5 Å². The SMILES string of the molecule is CC(c1cccc(S(N)(=O)=O)c1)N(C)C(=O)CNC(=O)Cc1cccc(F)c1. The van der Waals surface area contributed by atoms with Gasteiger partial charge in [-0.15, -0.1) is 0 Å². The summed E-state index contributed by atoms with van der Waals surface area (Å²) >= 11 is 0. The number of amides is 2. The number of carbonyl (C=O) groups is 2. The number of halogens is 1.